The molecule has 0 amide bonds. The van der Waals surface area contributed by atoms with Crippen molar-refractivity contribution in [3.8, 4) is 16.9 Å². The van der Waals surface area contributed by atoms with E-state index in [1.165, 1.54) is 37.3 Å². The fraction of sp³-hybridized carbons (Fsp3) is 0.345. The Labute approximate surface area is 212 Å². The van der Waals surface area contributed by atoms with Crippen LogP contribution in [0.3, 0.4) is 0 Å². The minimum absolute atomic E-state index is 0.0674. The third-order valence-electron chi connectivity index (χ3n) is 6.70. The Kier molecular flexibility index (Phi) is 8.15. The Balaban J connectivity index is 1.41. The Bertz CT molecular complexity index is 1300. The first kappa shape index (κ1) is 26.6. The second-order valence-corrected chi connectivity index (χ2v) is 9.26. The van der Waals surface area contributed by atoms with Gasteiger partial charge in [0.15, 0.2) is 23.2 Å². The van der Waals surface area contributed by atoms with Gasteiger partial charge in [-0.15, -0.1) is 0 Å². The first-order chi connectivity index (χ1) is 17.7. The number of rotatable bonds is 7. The first-order valence-electron chi connectivity index (χ1n) is 12.3. The van der Waals surface area contributed by atoms with Gasteiger partial charge in [-0.25, -0.2) is 22.4 Å². The van der Waals surface area contributed by atoms with E-state index in [0.717, 1.165) is 0 Å². The summed E-state index contributed by atoms with van der Waals surface area (Å²) in [5.41, 5.74) is 0.203. The van der Waals surface area contributed by atoms with Gasteiger partial charge in [-0.2, -0.15) is 4.39 Å². The van der Waals surface area contributed by atoms with Crippen LogP contribution in [0.15, 0.2) is 42.5 Å². The van der Waals surface area contributed by atoms with Gasteiger partial charge >= 0.3 is 5.97 Å². The predicted molar refractivity (Wildman–Crippen MR) is 129 cm³/mol. The molecule has 0 spiro atoms. The maximum atomic E-state index is 15.0. The molecule has 8 heteroatoms. The first-order valence-corrected chi connectivity index (χ1v) is 12.3. The van der Waals surface area contributed by atoms with Crippen LogP contribution in [0.25, 0.3) is 11.1 Å². The summed E-state index contributed by atoms with van der Waals surface area (Å²) >= 11 is 0. The van der Waals surface area contributed by atoms with Crippen molar-refractivity contribution in [2.24, 2.45) is 0 Å². The molecule has 1 aliphatic carbocycles. The van der Waals surface area contributed by atoms with Crippen molar-refractivity contribution in [3.63, 3.8) is 0 Å². The summed E-state index contributed by atoms with van der Waals surface area (Å²) in [6.45, 7) is 3.50. The van der Waals surface area contributed by atoms with E-state index in [9.17, 15) is 22.4 Å². The molecular weight excluding hydrogens is 491 g/mol. The van der Waals surface area contributed by atoms with E-state index in [2.05, 4.69) is 0 Å². The number of carbonyl (C=O) groups is 1. The number of ether oxygens (including phenoxy) is 2. The molecule has 196 valence electrons. The number of carbonyl (C=O) groups excluding carboxylic acids is 1. The van der Waals surface area contributed by atoms with Crippen molar-refractivity contribution in [1.29, 1.82) is 0 Å². The van der Waals surface area contributed by atoms with E-state index < -0.39 is 46.7 Å². The molecule has 0 aromatic heterocycles. The number of aryl methyl sites for hydroxylation is 1. The van der Waals surface area contributed by atoms with Gasteiger partial charge in [0.1, 0.15) is 11.9 Å². The molecule has 0 atom stereocenters. The molecule has 0 unspecified atom stereocenters. The lowest BCUT2D eigenvalue weighted by atomic mass is 9.82. The lowest BCUT2D eigenvalue weighted by Crippen LogP contribution is -2.25. The van der Waals surface area contributed by atoms with Crippen molar-refractivity contribution in [1.82, 2.24) is 0 Å². The largest absolute Gasteiger partial charge is 0.490 e. The van der Waals surface area contributed by atoms with Crippen LogP contribution in [-0.2, 0) is 4.74 Å². The van der Waals surface area contributed by atoms with Crippen LogP contribution in [0.5, 0.6) is 5.75 Å². The second kappa shape index (κ2) is 11.3. The fourth-order valence-corrected chi connectivity index (χ4v) is 4.61. The van der Waals surface area contributed by atoms with Gasteiger partial charge in [-0.1, -0.05) is 25.1 Å². The molecule has 1 aliphatic rings. The summed E-state index contributed by atoms with van der Waals surface area (Å²) in [7, 11) is 0. The lowest BCUT2D eigenvalue weighted by molar-refractivity contribution is 0.0188. The highest BCUT2D eigenvalue weighted by Crippen LogP contribution is 2.38. The lowest BCUT2D eigenvalue weighted by Gasteiger charge is -2.29. The van der Waals surface area contributed by atoms with E-state index >= 15 is 4.39 Å². The highest BCUT2D eigenvalue weighted by Gasteiger charge is 2.28. The number of halogens is 5. The molecule has 1 saturated carbocycles. The zero-order valence-electron chi connectivity index (χ0n) is 20.6. The Hall–Kier alpha value is -3.42. The van der Waals surface area contributed by atoms with E-state index in [1.807, 2.05) is 6.92 Å². The van der Waals surface area contributed by atoms with Crippen molar-refractivity contribution in [3.05, 3.63) is 88.2 Å². The van der Waals surface area contributed by atoms with Crippen molar-refractivity contribution >= 4 is 5.97 Å². The van der Waals surface area contributed by atoms with Crippen LogP contribution in [-0.4, -0.2) is 18.7 Å². The van der Waals surface area contributed by atoms with Gasteiger partial charge < -0.3 is 9.47 Å². The van der Waals surface area contributed by atoms with Crippen LogP contribution in [0.1, 0.15) is 66.4 Å². The number of esters is 1. The standard InChI is InChI=1S/C29H27F5O3/c1-3-14-36-24-13-12-21(26(32)28(24)34)18-7-11-20(23(30)15-18)17-5-8-19(9-6-17)37-29(35)22-10-4-16(2)25(31)27(22)33/h4,7,10-13,15,17,19H,3,5-6,8-9,14H2,1-2H3. The third-order valence-corrected chi connectivity index (χ3v) is 6.70. The molecule has 1 fully saturated rings. The highest BCUT2D eigenvalue weighted by molar-refractivity contribution is 5.90. The average Bonchev–Trinajstić information content (AvgIpc) is 2.88. The zero-order valence-corrected chi connectivity index (χ0v) is 20.6. The Morgan fingerprint density at radius 3 is 2.27 bits per heavy atom. The van der Waals surface area contributed by atoms with E-state index in [4.69, 9.17) is 9.47 Å². The molecule has 0 saturated heterocycles. The summed E-state index contributed by atoms with van der Waals surface area (Å²) in [4.78, 5) is 12.3. The second-order valence-electron chi connectivity index (χ2n) is 9.26. The van der Waals surface area contributed by atoms with Crippen LogP contribution >= 0.6 is 0 Å². The molecule has 3 aromatic rings. The SMILES string of the molecule is CCCOc1ccc(-c2ccc(C3CCC(OC(=O)c4ccc(C)c(F)c4F)CC3)c(F)c2)c(F)c1F. The van der Waals surface area contributed by atoms with E-state index in [1.54, 1.807) is 12.1 Å². The molecule has 0 N–H and O–H groups in total. The van der Waals surface area contributed by atoms with Crippen molar-refractivity contribution < 1.29 is 36.2 Å². The Morgan fingerprint density at radius 1 is 0.865 bits per heavy atom. The normalized spacial score (nSPS) is 17.5. The topological polar surface area (TPSA) is 35.5 Å². The minimum Gasteiger partial charge on any atom is -0.490 e. The predicted octanol–water partition coefficient (Wildman–Crippen LogP) is 8.03. The van der Waals surface area contributed by atoms with Crippen LogP contribution in [0.2, 0.25) is 0 Å². The third kappa shape index (κ3) is 5.63. The average molecular weight is 519 g/mol. The molecule has 0 radical (unpaired) electrons. The van der Waals surface area contributed by atoms with Crippen LogP contribution in [0, 0.1) is 36.0 Å². The van der Waals surface area contributed by atoms with Gasteiger partial charge in [-0.3, -0.25) is 0 Å². The van der Waals surface area contributed by atoms with Crippen LogP contribution in [0.4, 0.5) is 22.0 Å². The van der Waals surface area contributed by atoms with Crippen molar-refractivity contribution in [2.45, 2.75) is 58.0 Å². The monoisotopic (exact) mass is 518 g/mol. The minimum atomic E-state index is -1.24. The number of hydrogen-bond donors (Lipinski definition) is 0. The maximum absolute atomic E-state index is 15.0. The molecule has 3 aromatic carbocycles. The zero-order chi connectivity index (χ0) is 26.7. The highest BCUT2D eigenvalue weighted by atomic mass is 19.2. The molecule has 0 bridgehead atoms. The quantitative estimate of drug-likeness (QED) is 0.235. The van der Waals surface area contributed by atoms with E-state index in [0.29, 0.717) is 37.7 Å². The van der Waals surface area contributed by atoms with E-state index in [-0.39, 0.29) is 35.0 Å². The van der Waals surface area contributed by atoms with Crippen molar-refractivity contribution in [2.75, 3.05) is 6.61 Å². The summed E-state index contributed by atoms with van der Waals surface area (Å²) in [5, 5.41) is 0. The molecule has 37 heavy (non-hydrogen) atoms. The summed E-state index contributed by atoms with van der Waals surface area (Å²) in [6, 6.07) is 9.48. The molecular formula is C29H27F5O3. The van der Waals surface area contributed by atoms with Gasteiger partial charge in [0.2, 0.25) is 5.82 Å². The van der Waals surface area contributed by atoms with Crippen LogP contribution < -0.4 is 4.74 Å². The smallest absolute Gasteiger partial charge is 0.341 e. The van der Waals surface area contributed by atoms with Gasteiger partial charge in [-0.05, 0) is 85.9 Å². The fourth-order valence-electron chi connectivity index (χ4n) is 4.61. The number of benzene rings is 3. The Morgan fingerprint density at radius 2 is 1.59 bits per heavy atom. The summed E-state index contributed by atoms with van der Waals surface area (Å²) in [5.74, 6) is -6.36. The van der Waals surface area contributed by atoms with Gasteiger partial charge in [0, 0.05) is 5.56 Å². The number of hydrogen-bond acceptors (Lipinski definition) is 3. The summed E-state index contributed by atoms with van der Waals surface area (Å²) < 4.78 is 82.5. The maximum Gasteiger partial charge on any atom is 0.341 e. The molecule has 0 heterocycles. The molecule has 3 nitrogen and oxygen atoms in total. The molecule has 4 rings (SSSR count). The summed E-state index contributed by atoms with van der Waals surface area (Å²) in [6.07, 6.45) is 2.00. The van der Waals surface area contributed by atoms with Gasteiger partial charge in [0.05, 0.1) is 12.2 Å². The van der Waals surface area contributed by atoms with Gasteiger partial charge in [0.25, 0.3) is 0 Å². The molecule has 0 aliphatic heterocycles.